The van der Waals surface area contributed by atoms with Gasteiger partial charge in [0.1, 0.15) is 0 Å². The normalized spacial score (nSPS) is 10.0. The molecular weight excluding hydrogens is 268 g/mol. The van der Waals surface area contributed by atoms with Crippen LogP contribution in [-0.4, -0.2) is 23.1 Å². The second-order valence-corrected chi connectivity index (χ2v) is 4.58. The van der Waals surface area contributed by atoms with Crippen LogP contribution in [0.3, 0.4) is 0 Å². The Hall–Kier alpha value is -2.63. The van der Waals surface area contributed by atoms with Crippen LogP contribution >= 0.6 is 0 Å². The van der Waals surface area contributed by atoms with Gasteiger partial charge in [0, 0.05) is 11.9 Å². The van der Waals surface area contributed by atoms with Crippen LogP contribution in [0.15, 0.2) is 30.5 Å². The maximum absolute atomic E-state index is 11.9. The van der Waals surface area contributed by atoms with Gasteiger partial charge in [0.15, 0.2) is 11.6 Å². The van der Waals surface area contributed by atoms with Crippen LogP contribution in [0.25, 0.3) is 0 Å². The molecule has 2 heterocycles. The number of nitrogens with one attached hydrogen (secondary N) is 2. The van der Waals surface area contributed by atoms with E-state index in [9.17, 15) is 4.79 Å². The quantitative estimate of drug-likeness (QED) is 0.905. The fourth-order valence-electron chi connectivity index (χ4n) is 1.82. The van der Waals surface area contributed by atoms with E-state index in [-0.39, 0.29) is 6.03 Å². The molecule has 0 saturated heterocycles. The fraction of sp³-hybridized carbons (Fsp3) is 0.267. The van der Waals surface area contributed by atoms with Crippen molar-refractivity contribution in [1.29, 1.82) is 0 Å². The second kappa shape index (κ2) is 6.69. The topological polar surface area (TPSA) is 76.1 Å². The van der Waals surface area contributed by atoms with E-state index < -0.39 is 0 Å². The highest BCUT2D eigenvalue weighted by atomic mass is 16.5. The van der Waals surface area contributed by atoms with E-state index in [1.807, 2.05) is 32.0 Å². The summed E-state index contributed by atoms with van der Waals surface area (Å²) in [6, 6.07) is 7.05. The van der Waals surface area contributed by atoms with E-state index >= 15 is 0 Å². The molecule has 0 aliphatic heterocycles. The number of amides is 2. The average molecular weight is 286 g/mol. The third-order valence-corrected chi connectivity index (χ3v) is 2.98. The minimum absolute atomic E-state index is 0.351. The van der Waals surface area contributed by atoms with E-state index in [0.717, 1.165) is 17.0 Å². The number of pyridine rings is 2. The number of urea groups is 1. The molecule has 6 nitrogen and oxygen atoms in total. The maximum atomic E-state index is 11.9. The summed E-state index contributed by atoms with van der Waals surface area (Å²) in [4.78, 5) is 20.4. The number of methoxy groups -OCH3 is 1. The number of hydrogen-bond donors (Lipinski definition) is 2. The molecule has 21 heavy (non-hydrogen) atoms. The average Bonchev–Trinajstić information content (AvgIpc) is 2.47. The second-order valence-electron chi connectivity index (χ2n) is 4.58. The number of nitrogens with zero attached hydrogens (tertiary/aromatic N) is 2. The Balaban J connectivity index is 1.99. The Morgan fingerprint density at radius 1 is 1.29 bits per heavy atom. The number of anilines is 1. The molecule has 6 heteroatoms. The van der Waals surface area contributed by atoms with Gasteiger partial charge in [-0.1, -0.05) is 6.07 Å². The Kier molecular flexibility index (Phi) is 4.71. The number of aromatic nitrogens is 2. The molecule has 0 aromatic carbocycles. The minimum atomic E-state index is -0.351. The summed E-state index contributed by atoms with van der Waals surface area (Å²) in [5, 5.41) is 5.43. The van der Waals surface area contributed by atoms with Gasteiger partial charge in [0.2, 0.25) is 0 Å². The monoisotopic (exact) mass is 286 g/mol. The lowest BCUT2D eigenvalue weighted by Crippen LogP contribution is -2.29. The Morgan fingerprint density at radius 3 is 2.81 bits per heavy atom. The van der Waals surface area contributed by atoms with Gasteiger partial charge in [-0.05, 0) is 37.6 Å². The fourth-order valence-corrected chi connectivity index (χ4v) is 1.82. The molecule has 0 aliphatic rings. The van der Waals surface area contributed by atoms with Crippen LogP contribution in [0.4, 0.5) is 10.6 Å². The summed E-state index contributed by atoms with van der Waals surface area (Å²) in [7, 11) is 1.53. The lowest BCUT2D eigenvalue weighted by Gasteiger charge is -2.11. The lowest BCUT2D eigenvalue weighted by atomic mass is 10.2. The molecule has 0 atom stereocenters. The number of hydrogen-bond acceptors (Lipinski definition) is 4. The Bertz CT molecular complexity index is 643. The standard InChI is InChI=1S/C15H18N4O2/c1-10-5-4-8-16-12(10)9-17-15(20)19-14-13(21-3)7-6-11(2)18-14/h4-8H,9H2,1-3H3,(H2,17,18,19,20). The summed E-state index contributed by atoms with van der Waals surface area (Å²) in [5.74, 6) is 0.914. The van der Waals surface area contributed by atoms with Gasteiger partial charge < -0.3 is 10.1 Å². The van der Waals surface area contributed by atoms with E-state index in [1.54, 1.807) is 12.3 Å². The maximum Gasteiger partial charge on any atom is 0.320 e. The van der Waals surface area contributed by atoms with E-state index in [2.05, 4.69) is 20.6 Å². The number of carbonyl (C=O) groups excluding carboxylic acids is 1. The number of ether oxygens (including phenoxy) is 1. The van der Waals surface area contributed by atoms with E-state index in [4.69, 9.17) is 4.74 Å². The van der Waals surface area contributed by atoms with Gasteiger partial charge in [0.05, 0.1) is 19.3 Å². The molecule has 0 aliphatic carbocycles. The molecular formula is C15H18N4O2. The molecule has 2 amide bonds. The van der Waals surface area contributed by atoms with Crippen molar-refractivity contribution >= 4 is 11.8 Å². The SMILES string of the molecule is COc1ccc(C)nc1NC(=O)NCc1ncccc1C. The molecule has 2 aromatic heterocycles. The van der Waals surface area contributed by atoms with Crippen molar-refractivity contribution < 1.29 is 9.53 Å². The van der Waals surface area contributed by atoms with Crippen molar-refractivity contribution in [3.05, 3.63) is 47.4 Å². The molecule has 0 radical (unpaired) electrons. The zero-order valence-corrected chi connectivity index (χ0v) is 12.3. The van der Waals surface area contributed by atoms with Crippen molar-refractivity contribution in [3.63, 3.8) is 0 Å². The van der Waals surface area contributed by atoms with Gasteiger partial charge in [-0.15, -0.1) is 0 Å². The third kappa shape index (κ3) is 3.92. The van der Waals surface area contributed by atoms with Crippen molar-refractivity contribution in [3.8, 4) is 5.75 Å². The first-order valence-corrected chi connectivity index (χ1v) is 6.57. The summed E-state index contributed by atoms with van der Waals surface area (Å²) in [6.07, 6.45) is 1.70. The number of carbonyl (C=O) groups is 1. The largest absolute Gasteiger partial charge is 0.493 e. The zero-order valence-electron chi connectivity index (χ0n) is 12.3. The van der Waals surface area contributed by atoms with Gasteiger partial charge >= 0.3 is 6.03 Å². The van der Waals surface area contributed by atoms with Crippen LogP contribution < -0.4 is 15.4 Å². The molecule has 0 unspecified atom stereocenters. The highest BCUT2D eigenvalue weighted by Gasteiger charge is 2.09. The molecule has 0 saturated carbocycles. The predicted octanol–water partition coefficient (Wildman–Crippen LogP) is 2.42. The van der Waals surface area contributed by atoms with Gasteiger partial charge in [-0.3, -0.25) is 10.3 Å². The summed E-state index contributed by atoms with van der Waals surface area (Å²) < 4.78 is 5.17. The number of rotatable bonds is 4. The van der Waals surface area contributed by atoms with Crippen LogP contribution in [0.2, 0.25) is 0 Å². The summed E-state index contributed by atoms with van der Waals surface area (Å²) in [6.45, 7) is 4.15. The van der Waals surface area contributed by atoms with Gasteiger partial charge in [-0.2, -0.15) is 0 Å². The molecule has 2 rings (SSSR count). The van der Waals surface area contributed by atoms with Gasteiger partial charge in [-0.25, -0.2) is 9.78 Å². The van der Waals surface area contributed by atoms with Crippen LogP contribution in [0.1, 0.15) is 17.0 Å². The van der Waals surface area contributed by atoms with Crippen molar-refractivity contribution in [1.82, 2.24) is 15.3 Å². The highest BCUT2D eigenvalue weighted by molar-refractivity contribution is 5.89. The first-order valence-electron chi connectivity index (χ1n) is 6.57. The summed E-state index contributed by atoms with van der Waals surface area (Å²) in [5.41, 5.74) is 2.66. The van der Waals surface area contributed by atoms with E-state index in [1.165, 1.54) is 7.11 Å². The molecule has 0 spiro atoms. The van der Waals surface area contributed by atoms with Crippen LogP contribution in [0, 0.1) is 13.8 Å². The Morgan fingerprint density at radius 2 is 2.10 bits per heavy atom. The minimum Gasteiger partial charge on any atom is -0.493 e. The molecule has 0 fully saturated rings. The third-order valence-electron chi connectivity index (χ3n) is 2.98. The highest BCUT2D eigenvalue weighted by Crippen LogP contribution is 2.21. The molecule has 110 valence electrons. The van der Waals surface area contributed by atoms with Crippen LogP contribution in [0.5, 0.6) is 5.75 Å². The van der Waals surface area contributed by atoms with Crippen molar-refractivity contribution in [2.75, 3.05) is 12.4 Å². The smallest absolute Gasteiger partial charge is 0.320 e. The number of aryl methyl sites for hydroxylation is 2. The van der Waals surface area contributed by atoms with Crippen molar-refractivity contribution in [2.24, 2.45) is 0 Å². The lowest BCUT2D eigenvalue weighted by molar-refractivity contribution is 0.251. The van der Waals surface area contributed by atoms with Crippen molar-refractivity contribution in [2.45, 2.75) is 20.4 Å². The Labute approximate surface area is 123 Å². The molecule has 2 aromatic rings. The molecule has 0 bridgehead atoms. The first kappa shape index (κ1) is 14.8. The van der Waals surface area contributed by atoms with E-state index in [0.29, 0.717) is 18.1 Å². The van der Waals surface area contributed by atoms with Gasteiger partial charge in [0.25, 0.3) is 0 Å². The molecule has 2 N–H and O–H groups in total. The summed E-state index contributed by atoms with van der Waals surface area (Å²) >= 11 is 0. The van der Waals surface area contributed by atoms with Crippen LogP contribution in [-0.2, 0) is 6.54 Å². The predicted molar refractivity (Wildman–Crippen MR) is 80.4 cm³/mol. The first-order chi connectivity index (χ1) is 10.1. The zero-order chi connectivity index (χ0) is 15.2.